The number of fused-ring (bicyclic) bond motifs is 1. The van der Waals surface area contributed by atoms with E-state index >= 15 is 0 Å². The number of benzene rings is 2. The van der Waals surface area contributed by atoms with Gasteiger partial charge >= 0.3 is 0 Å². The fraction of sp³-hybridized carbons (Fsp3) is 0. The minimum atomic E-state index is -0.368. The molecule has 4 nitrogen and oxygen atoms in total. The van der Waals surface area contributed by atoms with Crippen LogP contribution in [0.4, 0.5) is 11.4 Å². The van der Waals surface area contributed by atoms with E-state index in [4.69, 9.17) is 17.3 Å². The van der Waals surface area contributed by atoms with Crippen molar-refractivity contribution in [1.29, 1.82) is 0 Å². The maximum absolute atomic E-state index is 12.4. The van der Waals surface area contributed by atoms with E-state index in [1.165, 1.54) is 6.07 Å². The number of nitrogen functional groups attached to an aromatic ring is 1. The van der Waals surface area contributed by atoms with Gasteiger partial charge in [-0.2, -0.15) is 0 Å². The molecule has 0 saturated carbocycles. The van der Waals surface area contributed by atoms with Gasteiger partial charge in [0.05, 0.1) is 27.5 Å². The highest BCUT2D eigenvalue weighted by Gasteiger charge is 2.36. The third-order valence-corrected chi connectivity index (χ3v) is 3.91. The van der Waals surface area contributed by atoms with Gasteiger partial charge in [0.1, 0.15) is 0 Å². The molecule has 3 rings (SSSR count). The summed E-state index contributed by atoms with van der Waals surface area (Å²) in [6.07, 6.45) is 0. The Hall–Kier alpha value is -1.85. The minimum Gasteiger partial charge on any atom is -0.398 e. The monoisotopic (exact) mass is 350 g/mol. The first kappa shape index (κ1) is 13.1. The molecule has 0 radical (unpaired) electrons. The van der Waals surface area contributed by atoms with Gasteiger partial charge in [-0.25, -0.2) is 4.90 Å². The highest BCUT2D eigenvalue weighted by molar-refractivity contribution is 9.10. The summed E-state index contributed by atoms with van der Waals surface area (Å²) in [6, 6.07) is 9.65. The highest BCUT2D eigenvalue weighted by Crippen LogP contribution is 2.32. The van der Waals surface area contributed by atoms with Gasteiger partial charge in [0.25, 0.3) is 11.8 Å². The van der Waals surface area contributed by atoms with Gasteiger partial charge in [0, 0.05) is 4.47 Å². The number of amides is 2. The van der Waals surface area contributed by atoms with E-state index in [-0.39, 0.29) is 11.8 Å². The van der Waals surface area contributed by atoms with Crippen LogP contribution in [0.25, 0.3) is 0 Å². The molecule has 2 aromatic carbocycles. The third-order valence-electron chi connectivity index (χ3n) is 3.09. The van der Waals surface area contributed by atoms with Crippen LogP contribution < -0.4 is 10.6 Å². The molecule has 2 amide bonds. The van der Waals surface area contributed by atoms with Gasteiger partial charge in [0.2, 0.25) is 0 Å². The van der Waals surface area contributed by atoms with Crippen molar-refractivity contribution in [3.8, 4) is 0 Å². The molecule has 20 heavy (non-hydrogen) atoms. The van der Waals surface area contributed by atoms with Crippen LogP contribution in [0.15, 0.2) is 40.9 Å². The maximum Gasteiger partial charge on any atom is 0.266 e. The topological polar surface area (TPSA) is 63.4 Å². The lowest BCUT2D eigenvalue weighted by molar-refractivity contribution is 0.0926. The molecule has 1 aliphatic heterocycles. The van der Waals surface area contributed by atoms with Crippen LogP contribution >= 0.6 is 27.5 Å². The van der Waals surface area contributed by atoms with E-state index < -0.39 is 0 Å². The largest absolute Gasteiger partial charge is 0.398 e. The highest BCUT2D eigenvalue weighted by atomic mass is 79.9. The second-order valence-electron chi connectivity index (χ2n) is 4.34. The lowest BCUT2D eigenvalue weighted by Gasteiger charge is -2.14. The number of halogens is 2. The maximum atomic E-state index is 12.4. The quantitative estimate of drug-likeness (QED) is 0.632. The Morgan fingerprint density at radius 2 is 1.70 bits per heavy atom. The SMILES string of the molecule is Nc1ccc(N2C(=O)c3ccc(Br)cc3C2=O)cc1Cl. The van der Waals surface area contributed by atoms with Gasteiger partial charge in [-0.1, -0.05) is 27.5 Å². The molecule has 100 valence electrons. The summed E-state index contributed by atoms with van der Waals surface area (Å²) in [5, 5.41) is 0.306. The summed E-state index contributed by atoms with van der Waals surface area (Å²) in [4.78, 5) is 25.8. The number of hydrogen-bond acceptors (Lipinski definition) is 3. The van der Waals surface area contributed by atoms with E-state index in [0.29, 0.717) is 27.5 Å². The van der Waals surface area contributed by atoms with Crippen LogP contribution in [0, 0.1) is 0 Å². The zero-order chi connectivity index (χ0) is 14.4. The Balaban J connectivity index is 2.11. The number of imide groups is 1. The predicted molar refractivity (Wildman–Crippen MR) is 81.1 cm³/mol. The van der Waals surface area contributed by atoms with Crippen molar-refractivity contribution in [3.63, 3.8) is 0 Å². The molecule has 0 atom stereocenters. The number of anilines is 2. The molecular formula is C14H8BrClN2O2. The number of carbonyl (C=O) groups excluding carboxylic acids is 2. The zero-order valence-corrected chi connectivity index (χ0v) is 12.4. The van der Waals surface area contributed by atoms with Crippen molar-refractivity contribution < 1.29 is 9.59 Å². The smallest absolute Gasteiger partial charge is 0.266 e. The van der Waals surface area contributed by atoms with Gasteiger partial charge in [-0.3, -0.25) is 9.59 Å². The number of carbonyl (C=O) groups is 2. The van der Waals surface area contributed by atoms with Crippen molar-refractivity contribution >= 4 is 50.7 Å². The van der Waals surface area contributed by atoms with E-state index in [1.807, 2.05) is 0 Å². The van der Waals surface area contributed by atoms with Crippen molar-refractivity contribution in [1.82, 2.24) is 0 Å². The number of nitrogens with two attached hydrogens (primary N) is 1. The summed E-state index contributed by atoms with van der Waals surface area (Å²) in [6.45, 7) is 0. The zero-order valence-electron chi connectivity index (χ0n) is 10.1. The summed E-state index contributed by atoms with van der Waals surface area (Å²) >= 11 is 9.23. The Labute approximate surface area is 128 Å². The molecule has 0 bridgehead atoms. The lowest BCUT2D eigenvalue weighted by Crippen LogP contribution is -2.29. The standard InChI is InChI=1S/C14H8BrClN2O2/c15-7-1-3-9-10(5-7)14(20)18(13(9)19)8-2-4-12(17)11(16)6-8/h1-6H,17H2. The molecule has 1 aliphatic rings. The lowest BCUT2D eigenvalue weighted by atomic mass is 10.1. The third kappa shape index (κ3) is 1.90. The Morgan fingerprint density at radius 3 is 2.40 bits per heavy atom. The molecule has 1 heterocycles. The first-order chi connectivity index (χ1) is 9.49. The number of nitrogens with zero attached hydrogens (tertiary/aromatic N) is 1. The summed E-state index contributed by atoms with van der Waals surface area (Å²) in [7, 11) is 0. The molecule has 0 spiro atoms. The second kappa shape index (κ2) is 4.61. The van der Waals surface area contributed by atoms with Crippen LogP contribution in [-0.4, -0.2) is 11.8 Å². The van der Waals surface area contributed by atoms with Crippen molar-refractivity contribution in [3.05, 3.63) is 57.0 Å². The second-order valence-corrected chi connectivity index (χ2v) is 5.66. The van der Waals surface area contributed by atoms with E-state index in [2.05, 4.69) is 15.9 Å². The number of rotatable bonds is 1. The van der Waals surface area contributed by atoms with Crippen LogP contribution in [0.1, 0.15) is 20.7 Å². The van der Waals surface area contributed by atoms with Gasteiger partial charge in [-0.15, -0.1) is 0 Å². The molecular weight excluding hydrogens is 344 g/mol. The average Bonchev–Trinajstić information content (AvgIpc) is 2.65. The molecule has 2 N–H and O–H groups in total. The molecule has 0 fully saturated rings. The van der Waals surface area contributed by atoms with Crippen LogP contribution in [0.3, 0.4) is 0 Å². The fourth-order valence-electron chi connectivity index (χ4n) is 2.10. The minimum absolute atomic E-state index is 0.306. The summed E-state index contributed by atoms with van der Waals surface area (Å²) in [5.41, 5.74) is 7.19. The van der Waals surface area contributed by atoms with Gasteiger partial charge in [0.15, 0.2) is 0 Å². The molecule has 6 heteroatoms. The predicted octanol–water partition coefficient (Wildman–Crippen LogP) is 3.49. The molecule has 0 aromatic heterocycles. The first-order valence-electron chi connectivity index (χ1n) is 5.72. The average molecular weight is 352 g/mol. The van der Waals surface area contributed by atoms with Crippen LogP contribution in [0.5, 0.6) is 0 Å². The molecule has 0 unspecified atom stereocenters. The summed E-state index contributed by atoms with van der Waals surface area (Å²) < 4.78 is 0.745. The first-order valence-corrected chi connectivity index (χ1v) is 6.89. The van der Waals surface area contributed by atoms with E-state index in [1.54, 1.807) is 30.3 Å². The van der Waals surface area contributed by atoms with Gasteiger partial charge in [-0.05, 0) is 36.4 Å². The molecule has 0 aliphatic carbocycles. The van der Waals surface area contributed by atoms with Crippen molar-refractivity contribution in [2.24, 2.45) is 0 Å². The van der Waals surface area contributed by atoms with Crippen LogP contribution in [0.2, 0.25) is 5.02 Å². The Bertz CT molecular complexity index is 761. The van der Waals surface area contributed by atoms with Crippen LogP contribution in [-0.2, 0) is 0 Å². The summed E-state index contributed by atoms with van der Waals surface area (Å²) in [5.74, 6) is -0.731. The van der Waals surface area contributed by atoms with E-state index in [9.17, 15) is 9.59 Å². The van der Waals surface area contributed by atoms with Crippen molar-refractivity contribution in [2.45, 2.75) is 0 Å². The Morgan fingerprint density at radius 1 is 1.00 bits per heavy atom. The van der Waals surface area contributed by atoms with Gasteiger partial charge < -0.3 is 5.73 Å². The molecule has 0 saturated heterocycles. The number of hydrogen-bond donors (Lipinski definition) is 1. The van der Waals surface area contributed by atoms with Crippen molar-refractivity contribution in [2.75, 3.05) is 10.6 Å². The molecule has 2 aromatic rings. The fourth-order valence-corrected chi connectivity index (χ4v) is 2.64. The normalized spacial score (nSPS) is 13.8. The Kier molecular flexibility index (Phi) is 3.03. The van der Waals surface area contributed by atoms with E-state index in [0.717, 1.165) is 9.37 Å².